The summed E-state index contributed by atoms with van der Waals surface area (Å²) in [4.78, 5) is 29.6. The van der Waals surface area contributed by atoms with Crippen LogP contribution in [0.25, 0.3) is 5.76 Å². The SMILES string of the molecule is CCCCCN1C(=O)C(=O)/C(=C(\O)c2ccc(CC)cc2)C1c1ccc(N(C)C)cc1. The van der Waals surface area contributed by atoms with Crippen LogP contribution in [0.5, 0.6) is 0 Å². The molecule has 2 aromatic rings. The van der Waals surface area contributed by atoms with Gasteiger partial charge in [0.2, 0.25) is 0 Å². The van der Waals surface area contributed by atoms with E-state index >= 15 is 0 Å². The molecule has 1 N–H and O–H groups in total. The summed E-state index contributed by atoms with van der Waals surface area (Å²) in [5.74, 6) is -1.26. The number of likely N-dealkylation sites (tertiary alicyclic amines) is 1. The molecule has 164 valence electrons. The van der Waals surface area contributed by atoms with Crippen LogP contribution in [-0.2, 0) is 16.0 Å². The van der Waals surface area contributed by atoms with Crippen LogP contribution in [0.2, 0.25) is 0 Å². The third-order valence-corrected chi connectivity index (χ3v) is 5.90. The quantitative estimate of drug-likeness (QED) is 0.285. The van der Waals surface area contributed by atoms with Crippen LogP contribution in [0.4, 0.5) is 5.69 Å². The minimum Gasteiger partial charge on any atom is -0.507 e. The van der Waals surface area contributed by atoms with Crippen molar-refractivity contribution in [2.45, 2.75) is 45.6 Å². The van der Waals surface area contributed by atoms with E-state index < -0.39 is 17.7 Å². The zero-order valence-electron chi connectivity index (χ0n) is 18.9. The Morgan fingerprint density at radius 3 is 2.16 bits per heavy atom. The molecule has 0 radical (unpaired) electrons. The minimum absolute atomic E-state index is 0.110. The Bertz CT molecular complexity index is 959. The number of hydrogen-bond acceptors (Lipinski definition) is 4. The molecule has 1 aliphatic heterocycles. The Morgan fingerprint density at radius 1 is 0.968 bits per heavy atom. The van der Waals surface area contributed by atoms with E-state index in [2.05, 4.69) is 13.8 Å². The van der Waals surface area contributed by atoms with Crippen LogP contribution in [0.1, 0.15) is 55.8 Å². The van der Waals surface area contributed by atoms with Crippen molar-refractivity contribution in [3.8, 4) is 0 Å². The van der Waals surface area contributed by atoms with Gasteiger partial charge in [-0.05, 0) is 36.1 Å². The molecule has 1 atom stereocenters. The molecule has 0 aromatic heterocycles. The molecule has 5 nitrogen and oxygen atoms in total. The van der Waals surface area contributed by atoms with Crippen molar-refractivity contribution in [1.29, 1.82) is 0 Å². The Kier molecular flexibility index (Phi) is 7.16. The Morgan fingerprint density at radius 2 is 1.61 bits per heavy atom. The number of aryl methyl sites for hydroxylation is 1. The molecule has 0 saturated carbocycles. The molecule has 0 spiro atoms. The van der Waals surface area contributed by atoms with Gasteiger partial charge in [-0.3, -0.25) is 9.59 Å². The van der Waals surface area contributed by atoms with Crippen molar-refractivity contribution in [2.24, 2.45) is 0 Å². The molecule has 1 heterocycles. The fourth-order valence-corrected chi connectivity index (χ4v) is 4.00. The molecule has 3 rings (SSSR count). The number of amides is 1. The first-order valence-electron chi connectivity index (χ1n) is 11.0. The molecule has 1 saturated heterocycles. The standard InChI is InChI=1S/C26H32N2O3/c1-5-7-8-17-28-23(19-13-15-21(16-14-19)27(3)4)22(25(30)26(28)31)24(29)20-11-9-18(6-2)10-12-20/h9-16,23,29H,5-8,17H2,1-4H3/b24-22-. The van der Waals surface area contributed by atoms with Gasteiger partial charge >= 0.3 is 0 Å². The molecule has 2 aromatic carbocycles. The van der Waals surface area contributed by atoms with Gasteiger partial charge in [0.1, 0.15) is 5.76 Å². The van der Waals surface area contributed by atoms with Gasteiger partial charge in [-0.2, -0.15) is 0 Å². The maximum atomic E-state index is 13.0. The van der Waals surface area contributed by atoms with Gasteiger partial charge in [0.25, 0.3) is 11.7 Å². The summed E-state index contributed by atoms with van der Waals surface area (Å²) >= 11 is 0. The lowest BCUT2D eigenvalue weighted by atomic mass is 9.94. The fourth-order valence-electron chi connectivity index (χ4n) is 4.00. The number of ketones is 1. The van der Waals surface area contributed by atoms with Crippen molar-refractivity contribution in [3.63, 3.8) is 0 Å². The Hall–Kier alpha value is -3.08. The molecular formula is C26H32N2O3. The number of anilines is 1. The van der Waals surface area contributed by atoms with Crippen LogP contribution in [-0.4, -0.2) is 42.3 Å². The van der Waals surface area contributed by atoms with Gasteiger partial charge in [0.05, 0.1) is 11.6 Å². The average molecular weight is 421 g/mol. The molecule has 1 fully saturated rings. The van der Waals surface area contributed by atoms with Gasteiger partial charge in [-0.15, -0.1) is 0 Å². The number of carbonyl (C=O) groups excluding carboxylic acids is 2. The molecule has 1 amide bonds. The molecule has 1 aliphatic rings. The number of rotatable bonds is 8. The van der Waals surface area contributed by atoms with Crippen LogP contribution >= 0.6 is 0 Å². The highest BCUT2D eigenvalue weighted by molar-refractivity contribution is 6.46. The highest BCUT2D eigenvalue weighted by Crippen LogP contribution is 2.40. The van der Waals surface area contributed by atoms with Crippen molar-refractivity contribution >= 4 is 23.1 Å². The van der Waals surface area contributed by atoms with Crippen molar-refractivity contribution < 1.29 is 14.7 Å². The number of aliphatic hydroxyl groups excluding tert-OH is 1. The first kappa shape index (κ1) is 22.6. The number of benzene rings is 2. The predicted molar refractivity (Wildman–Crippen MR) is 125 cm³/mol. The predicted octanol–water partition coefficient (Wildman–Crippen LogP) is 4.93. The fraction of sp³-hybridized carbons (Fsp3) is 0.385. The van der Waals surface area contributed by atoms with Crippen molar-refractivity contribution in [2.75, 3.05) is 25.5 Å². The second kappa shape index (κ2) is 9.82. The smallest absolute Gasteiger partial charge is 0.295 e. The summed E-state index contributed by atoms with van der Waals surface area (Å²) in [5.41, 5.74) is 3.73. The van der Waals surface area contributed by atoms with E-state index in [0.29, 0.717) is 12.1 Å². The van der Waals surface area contributed by atoms with Gasteiger partial charge in [-0.25, -0.2) is 0 Å². The number of Topliss-reactive ketones (excluding diaryl/α,β-unsaturated/α-hetero) is 1. The summed E-state index contributed by atoms with van der Waals surface area (Å²) in [6.45, 7) is 4.66. The van der Waals surface area contributed by atoms with Crippen LogP contribution < -0.4 is 4.90 Å². The number of carbonyl (C=O) groups is 2. The maximum Gasteiger partial charge on any atom is 0.295 e. The topological polar surface area (TPSA) is 60.9 Å². The highest BCUT2D eigenvalue weighted by Gasteiger charge is 2.45. The number of nitrogens with zero attached hydrogens (tertiary/aromatic N) is 2. The third kappa shape index (κ3) is 4.66. The van der Waals surface area contributed by atoms with Crippen LogP contribution in [0.15, 0.2) is 54.1 Å². The molecule has 5 heteroatoms. The van der Waals surface area contributed by atoms with Gasteiger partial charge in [0.15, 0.2) is 0 Å². The monoisotopic (exact) mass is 420 g/mol. The average Bonchev–Trinajstić information content (AvgIpc) is 3.04. The molecule has 31 heavy (non-hydrogen) atoms. The van der Waals surface area contributed by atoms with Gasteiger partial charge in [0, 0.05) is 31.9 Å². The summed E-state index contributed by atoms with van der Waals surface area (Å²) in [6.07, 6.45) is 3.71. The first-order chi connectivity index (χ1) is 14.9. The highest BCUT2D eigenvalue weighted by atomic mass is 16.3. The van der Waals surface area contributed by atoms with E-state index in [0.717, 1.165) is 42.5 Å². The zero-order valence-corrected chi connectivity index (χ0v) is 18.9. The van der Waals surface area contributed by atoms with E-state index in [1.165, 1.54) is 0 Å². The maximum absolute atomic E-state index is 13.0. The second-order valence-electron chi connectivity index (χ2n) is 8.24. The third-order valence-electron chi connectivity index (χ3n) is 5.90. The second-order valence-corrected chi connectivity index (χ2v) is 8.24. The summed E-state index contributed by atoms with van der Waals surface area (Å²) < 4.78 is 0. The van der Waals surface area contributed by atoms with Crippen molar-refractivity contribution in [1.82, 2.24) is 4.90 Å². The van der Waals surface area contributed by atoms with E-state index in [1.807, 2.05) is 67.5 Å². The normalized spacial score (nSPS) is 17.9. The van der Waals surface area contributed by atoms with Crippen LogP contribution in [0.3, 0.4) is 0 Å². The molecular weight excluding hydrogens is 388 g/mol. The molecule has 1 unspecified atom stereocenters. The summed E-state index contributed by atoms with van der Waals surface area (Å²) in [6, 6.07) is 14.7. The zero-order chi connectivity index (χ0) is 22.5. The van der Waals surface area contributed by atoms with E-state index in [1.54, 1.807) is 4.90 Å². The lowest BCUT2D eigenvalue weighted by Crippen LogP contribution is -2.30. The van der Waals surface area contributed by atoms with E-state index in [-0.39, 0.29) is 11.3 Å². The summed E-state index contributed by atoms with van der Waals surface area (Å²) in [5, 5.41) is 11.1. The Labute approximate surface area is 185 Å². The number of unbranched alkanes of at least 4 members (excludes halogenated alkanes) is 2. The number of aliphatic hydroxyl groups is 1. The summed E-state index contributed by atoms with van der Waals surface area (Å²) in [7, 11) is 3.93. The molecule has 0 aliphatic carbocycles. The lowest BCUT2D eigenvalue weighted by molar-refractivity contribution is -0.139. The first-order valence-corrected chi connectivity index (χ1v) is 11.0. The van der Waals surface area contributed by atoms with Gasteiger partial charge < -0.3 is 14.9 Å². The molecule has 0 bridgehead atoms. The van der Waals surface area contributed by atoms with E-state index in [4.69, 9.17) is 0 Å². The van der Waals surface area contributed by atoms with E-state index in [9.17, 15) is 14.7 Å². The van der Waals surface area contributed by atoms with Gasteiger partial charge in [-0.1, -0.05) is 63.1 Å². The number of hydrogen-bond donors (Lipinski definition) is 1. The lowest BCUT2D eigenvalue weighted by Gasteiger charge is -2.26. The van der Waals surface area contributed by atoms with Crippen molar-refractivity contribution in [3.05, 3.63) is 70.8 Å². The minimum atomic E-state index is -0.616. The largest absolute Gasteiger partial charge is 0.507 e. The Balaban J connectivity index is 2.09. The van der Waals surface area contributed by atoms with Crippen LogP contribution in [0, 0.1) is 0 Å².